The molecule has 0 spiro atoms. The zero-order valence-corrected chi connectivity index (χ0v) is 7.30. The van der Waals surface area contributed by atoms with Crippen LogP contribution in [0.4, 0.5) is 5.69 Å². The molecule has 56 valence electrons. The van der Waals surface area contributed by atoms with E-state index in [4.69, 9.17) is 5.73 Å². The summed E-state index contributed by atoms with van der Waals surface area (Å²) < 4.78 is 2.96. The average Bonchev–Trinajstić information content (AvgIpc) is 2.32. The molecule has 0 saturated heterocycles. The molecular weight excluding hydrogens is 206 g/mol. The number of aromatic nitrogens is 2. The normalized spacial score (nSPS) is 10.6. The maximum atomic E-state index is 5.58. The summed E-state index contributed by atoms with van der Waals surface area (Å²) in [6.07, 6.45) is 3.78. The predicted octanol–water partition coefficient (Wildman–Crippen LogP) is 1.10. The first-order valence-electron chi connectivity index (χ1n) is 3.21. The molecule has 3 nitrogen and oxygen atoms in total. The van der Waals surface area contributed by atoms with Gasteiger partial charge in [0.15, 0.2) is 0 Å². The van der Waals surface area contributed by atoms with E-state index in [1.165, 1.54) is 0 Å². The van der Waals surface area contributed by atoms with Crippen LogP contribution in [0.25, 0.3) is 5.65 Å². The Morgan fingerprint density at radius 2 is 2.36 bits per heavy atom. The average molecular weight is 213 g/mol. The van der Waals surface area contributed by atoms with E-state index in [0.29, 0.717) is 0 Å². The maximum Gasteiger partial charge on any atom is 0.286 e. The minimum atomic E-state index is 0.763. The molecule has 0 fully saturated rings. The van der Waals surface area contributed by atoms with Gasteiger partial charge in [-0.25, -0.2) is 4.98 Å². The molecule has 2 aromatic heterocycles. The third kappa shape index (κ3) is 0.991. The van der Waals surface area contributed by atoms with E-state index in [1.807, 2.05) is 28.9 Å². The third-order valence-electron chi connectivity index (χ3n) is 1.55. The quantitative estimate of drug-likeness (QED) is 0.632. The lowest BCUT2D eigenvalue weighted by Gasteiger charge is -1.88. The Balaban J connectivity index is 2.86. The molecule has 0 atom stereocenters. The van der Waals surface area contributed by atoms with Crippen molar-refractivity contribution in [2.45, 2.75) is 0 Å². The fraction of sp³-hybridized carbons (Fsp3) is 0. The standard InChI is InChI=1S/C7H6BrN3/c8-6-4-10-7-3-5(9)1-2-11(6)7/h1-4H,(H2,9,10)/p+1. The first-order valence-corrected chi connectivity index (χ1v) is 4.00. The highest BCUT2D eigenvalue weighted by atomic mass is 79.9. The Kier molecular flexibility index (Phi) is 1.35. The summed E-state index contributed by atoms with van der Waals surface area (Å²) in [7, 11) is 0. The SMILES string of the molecule is Nc1cc[n+]2c(Br)c[nH]c2c1. The van der Waals surface area contributed by atoms with Crippen LogP contribution in [-0.2, 0) is 0 Å². The van der Waals surface area contributed by atoms with Crippen LogP contribution in [0.1, 0.15) is 0 Å². The van der Waals surface area contributed by atoms with Crippen molar-refractivity contribution < 1.29 is 4.40 Å². The number of anilines is 1. The number of nitrogens with zero attached hydrogens (tertiary/aromatic N) is 1. The minimum absolute atomic E-state index is 0.763. The topological polar surface area (TPSA) is 45.9 Å². The highest BCUT2D eigenvalue weighted by Crippen LogP contribution is 2.06. The monoisotopic (exact) mass is 212 g/mol. The molecule has 2 heterocycles. The Morgan fingerprint density at radius 1 is 1.55 bits per heavy atom. The zero-order valence-electron chi connectivity index (χ0n) is 5.71. The van der Waals surface area contributed by atoms with E-state index >= 15 is 0 Å². The minimum Gasteiger partial charge on any atom is -0.398 e. The predicted molar refractivity (Wildman–Crippen MR) is 46.1 cm³/mol. The van der Waals surface area contributed by atoms with Gasteiger partial charge in [0.1, 0.15) is 6.20 Å². The van der Waals surface area contributed by atoms with Gasteiger partial charge in [0, 0.05) is 27.7 Å². The van der Waals surface area contributed by atoms with Crippen LogP contribution in [0.5, 0.6) is 0 Å². The molecule has 4 heteroatoms. The lowest BCUT2D eigenvalue weighted by molar-refractivity contribution is -0.522. The molecular formula is C7H7BrN3+. The van der Waals surface area contributed by atoms with Crippen molar-refractivity contribution in [1.82, 2.24) is 4.98 Å². The lowest BCUT2D eigenvalue weighted by Crippen LogP contribution is -2.19. The number of hydrogen-bond donors (Lipinski definition) is 2. The largest absolute Gasteiger partial charge is 0.398 e. The molecule has 0 aromatic carbocycles. The van der Waals surface area contributed by atoms with E-state index < -0.39 is 0 Å². The number of imidazole rings is 1. The molecule has 0 saturated carbocycles. The molecule has 0 bridgehead atoms. The summed E-state index contributed by atoms with van der Waals surface area (Å²) in [4.78, 5) is 3.06. The van der Waals surface area contributed by atoms with E-state index in [1.54, 1.807) is 0 Å². The number of aromatic amines is 1. The van der Waals surface area contributed by atoms with Crippen molar-refractivity contribution in [3.05, 3.63) is 29.1 Å². The van der Waals surface area contributed by atoms with Gasteiger partial charge in [0.25, 0.3) is 5.65 Å². The molecule has 2 aromatic rings. The van der Waals surface area contributed by atoms with Gasteiger partial charge >= 0.3 is 0 Å². The summed E-state index contributed by atoms with van der Waals surface area (Å²) in [5.74, 6) is 0. The van der Waals surface area contributed by atoms with Gasteiger partial charge in [-0.15, -0.1) is 0 Å². The Hall–Kier alpha value is -1.03. The second-order valence-corrected chi connectivity index (χ2v) is 3.14. The van der Waals surface area contributed by atoms with Crippen LogP contribution in [0.2, 0.25) is 0 Å². The van der Waals surface area contributed by atoms with Crippen LogP contribution in [-0.4, -0.2) is 4.98 Å². The van der Waals surface area contributed by atoms with E-state index in [9.17, 15) is 0 Å². The number of H-pyrrole nitrogens is 1. The van der Waals surface area contributed by atoms with Gasteiger partial charge in [0.05, 0.1) is 12.3 Å². The van der Waals surface area contributed by atoms with Gasteiger partial charge in [-0.2, -0.15) is 4.40 Å². The fourth-order valence-electron chi connectivity index (χ4n) is 1.02. The molecule has 2 rings (SSSR count). The summed E-state index contributed by atoms with van der Waals surface area (Å²) in [6.45, 7) is 0. The molecule has 0 unspecified atom stereocenters. The van der Waals surface area contributed by atoms with Crippen LogP contribution >= 0.6 is 15.9 Å². The van der Waals surface area contributed by atoms with Crippen molar-refractivity contribution in [3.8, 4) is 0 Å². The van der Waals surface area contributed by atoms with Crippen LogP contribution in [0.15, 0.2) is 29.1 Å². The number of rotatable bonds is 0. The number of fused-ring (bicyclic) bond motifs is 1. The lowest BCUT2D eigenvalue weighted by atomic mass is 10.4. The Morgan fingerprint density at radius 3 is 3.18 bits per heavy atom. The van der Waals surface area contributed by atoms with Gasteiger partial charge in [-0.3, -0.25) is 0 Å². The van der Waals surface area contributed by atoms with E-state index in [0.717, 1.165) is 15.9 Å². The zero-order chi connectivity index (χ0) is 7.84. The molecule has 0 aliphatic heterocycles. The number of pyridine rings is 1. The summed E-state index contributed by atoms with van der Waals surface area (Å²) in [5.41, 5.74) is 7.33. The summed E-state index contributed by atoms with van der Waals surface area (Å²) in [5, 5.41) is 0. The first-order chi connectivity index (χ1) is 5.27. The molecule has 0 aliphatic rings. The molecule has 11 heavy (non-hydrogen) atoms. The number of nitrogen functional groups attached to an aromatic ring is 1. The van der Waals surface area contributed by atoms with Crippen molar-refractivity contribution in [1.29, 1.82) is 0 Å². The van der Waals surface area contributed by atoms with Crippen LogP contribution in [0, 0.1) is 0 Å². The summed E-state index contributed by atoms with van der Waals surface area (Å²) in [6, 6.07) is 3.73. The molecule has 0 radical (unpaired) electrons. The molecule has 0 aliphatic carbocycles. The van der Waals surface area contributed by atoms with Gasteiger partial charge < -0.3 is 5.73 Å². The van der Waals surface area contributed by atoms with Crippen LogP contribution in [0.3, 0.4) is 0 Å². The van der Waals surface area contributed by atoms with Gasteiger partial charge in [0.2, 0.25) is 4.60 Å². The Labute approximate surface area is 72.0 Å². The number of nitrogens with one attached hydrogen (secondary N) is 1. The second kappa shape index (κ2) is 2.23. The van der Waals surface area contributed by atoms with Crippen molar-refractivity contribution in [3.63, 3.8) is 0 Å². The van der Waals surface area contributed by atoms with Gasteiger partial charge in [-0.05, 0) is 0 Å². The molecule has 3 N–H and O–H groups in total. The number of hydrogen-bond acceptors (Lipinski definition) is 1. The Bertz CT molecular complexity index is 393. The number of nitrogens with two attached hydrogens (primary N) is 1. The highest BCUT2D eigenvalue weighted by molar-refractivity contribution is 9.10. The fourth-order valence-corrected chi connectivity index (χ4v) is 1.44. The highest BCUT2D eigenvalue weighted by Gasteiger charge is 2.06. The smallest absolute Gasteiger partial charge is 0.286 e. The third-order valence-corrected chi connectivity index (χ3v) is 2.16. The number of halogens is 1. The maximum absolute atomic E-state index is 5.58. The first kappa shape index (κ1) is 6.67. The van der Waals surface area contributed by atoms with Crippen molar-refractivity contribution >= 4 is 27.3 Å². The van der Waals surface area contributed by atoms with Crippen molar-refractivity contribution in [2.75, 3.05) is 5.73 Å². The van der Waals surface area contributed by atoms with E-state index in [2.05, 4.69) is 20.9 Å². The van der Waals surface area contributed by atoms with Crippen LogP contribution < -0.4 is 10.1 Å². The second-order valence-electron chi connectivity index (χ2n) is 2.33. The van der Waals surface area contributed by atoms with E-state index in [-0.39, 0.29) is 0 Å². The van der Waals surface area contributed by atoms with Crippen molar-refractivity contribution in [2.24, 2.45) is 0 Å². The summed E-state index contributed by atoms with van der Waals surface area (Å²) >= 11 is 3.38. The molecule has 0 amide bonds. The van der Waals surface area contributed by atoms with Gasteiger partial charge in [-0.1, -0.05) is 0 Å².